The topological polar surface area (TPSA) is 75.4 Å². The number of hydrogen-bond donors (Lipinski definition) is 2. The zero-order valence-corrected chi connectivity index (χ0v) is 12.0. The molecule has 112 valence electrons. The van der Waals surface area contributed by atoms with Gasteiger partial charge >= 0.3 is 0 Å². The molecule has 0 bridgehead atoms. The molecule has 1 atom stereocenters. The number of rotatable bonds is 10. The maximum absolute atomic E-state index is 10.9. The van der Waals surface area contributed by atoms with E-state index in [2.05, 4.69) is 12.2 Å². The standard InChI is InChI=1S/C15H24N2O3/c1-2-5-13(9-11-18)12-16-10-8-14-6-3-4-7-15(14)17(19)20/h3-4,6-7,13,16,18H,2,5,8-12H2,1H3. The summed E-state index contributed by atoms with van der Waals surface area (Å²) in [6, 6.07) is 6.86. The summed E-state index contributed by atoms with van der Waals surface area (Å²) in [6.07, 6.45) is 3.66. The summed E-state index contributed by atoms with van der Waals surface area (Å²) in [5, 5.41) is 23.2. The number of hydrogen-bond acceptors (Lipinski definition) is 4. The van der Waals surface area contributed by atoms with Crippen molar-refractivity contribution in [3.63, 3.8) is 0 Å². The van der Waals surface area contributed by atoms with Gasteiger partial charge in [-0.3, -0.25) is 10.1 Å². The minimum absolute atomic E-state index is 0.190. The number of nitrogens with zero attached hydrogens (tertiary/aromatic N) is 1. The minimum Gasteiger partial charge on any atom is -0.396 e. The number of nitrogens with one attached hydrogen (secondary N) is 1. The summed E-state index contributed by atoms with van der Waals surface area (Å²) >= 11 is 0. The molecule has 0 fully saturated rings. The predicted molar refractivity (Wildman–Crippen MR) is 79.8 cm³/mol. The van der Waals surface area contributed by atoms with Gasteiger partial charge in [0.25, 0.3) is 5.69 Å². The van der Waals surface area contributed by atoms with Crippen LogP contribution in [0.25, 0.3) is 0 Å². The van der Waals surface area contributed by atoms with Gasteiger partial charge in [-0.05, 0) is 38.3 Å². The normalized spacial score (nSPS) is 12.3. The molecule has 0 saturated heterocycles. The van der Waals surface area contributed by atoms with Crippen LogP contribution in [0.4, 0.5) is 5.69 Å². The van der Waals surface area contributed by atoms with Crippen LogP contribution in [0.5, 0.6) is 0 Å². The second kappa shape index (κ2) is 9.44. The number of nitro benzene ring substituents is 1. The third-order valence-corrected chi connectivity index (χ3v) is 3.43. The Bertz CT molecular complexity index is 404. The number of aliphatic hydroxyl groups excluding tert-OH is 1. The van der Waals surface area contributed by atoms with Gasteiger partial charge in [0.05, 0.1) is 4.92 Å². The van der Waals surface area contributed by atoms with Crippen LogP contribution in [-0.2, 0) is 6.42 Å². The lowest BCUT2D eigenvalue weighted by atomic mass is 10.00. The molecule has 0 amide bonds. The Morgan fingerprint density at radius 1 is 1.35 bits per heavy atom. The molecule has 0 radical (unpaired) electrons. The average molecular weight is 280 g/mol. The van der Waals surface area contributed by atoms with Crippen molar-refractivity contribution in [2.45, 2.75) is 32.6 Å². The fourth-order valence-corrected chi connectivity index (χ4v) is 2.37. The van der Waals surface area contributed by atoms with Crippen molar-refractivity contribution in [1.29, 1.82) is 0 Å². The van der Waals surface area contributed by atoms with Gasteiger partial charge in [-0.25, -0.2) is 0 Å². The number of nitro groups is 1. The van der Waals surface area contributed by atoms with E-state index in [1.54, 1.807) is 18.2 Å². The van der Waals surface area contributed by atoms with Crippen molar-refractivity contribution in [2.75, 3.05) is 19.7 Å². The molecule has 0 saturated carbocycles. The molecule has 2 N–H and O–H groups in total. The van der Waals surface area contributed by atoms with Crippen molar-refractivity contribution in [2.24, 2.45) is 5.92 Å². The zero-order chi connectivity index (χ0) is 14.8. The predicted octanol–water partition coefficient (Wildman–Crippen LogP) is 2.53. The summed E-state index contributed by atoms with van der Waals surface area (Å²) in [5.41, 5.74) is 0.953. The molecule has 0 aliphatic heterocycles. The first-order valence-corrected chi connectivity index (χ1v) is 7.22. The SMILES string of the molecule is CCCC(CCO)CNCCc1ccccc1[N+](=O)[O-]. The Morgan fingerprint density at radius 2 is 2.10 bits per heavy atom. The molecule has 0 aliphatic carbocycles. The molecule has 1 unspecified atom stereocenters. The fraction of sp³-hybridized carbons (Fsp3) is 0.600. The smallest absolute Gasteiger partial charge is 0.272 e. The van der Waals surface area contributed by atoms with Gasteiger partial charge in [0, 0.05) is 18.2 Å². The van der Waals surface area contributed by atoms with Crippen LogP contribution in [0, 0.1) is 16.0 Å². The van der Waals surface area contributed by atoms with Gasteiger partial charge in [0.2, 0.25) is 0 Å². The Labute approximate surface area is 120 Å². The molecule has 0 spiro atoms. The van der Waals surface area contributed by atoms with Crippen LogP contribution in [0.1, 0.15) is 31.7 Å². The number of benzene rings is 1. The molecule has 20 heavy (non-hydrogen) atoms. The summed E-state index contributed by atoms with van der Waals surface area (Å²) in [6.45, 7) is 3.93. The quantitative estimate of drug-likeness (QED) is 0.392. The molecular formula is C15H24N2O3. The molecule has 5 heteroatoms. The highest BCUT2D eigenvalue weighted by atomic mass is 16.6. The van der Waals surface area contributed by atoms with Crippen molar-refractivity contribution >= 4 is 5.69 Å². The van der Waals surface area contributed by atoms with E-state index in [1.807, 2.05) is 6.07 Å². The highest BCUT2D eigenvalue weighted by Crippen LogP contribution is 2.17. The van der Waals surface area contributed by atoms with Crippen LogP contribution in [0.15, 0.2) is 24.3 Å². The first kappa shape index (κ1) is 16.6. The van der Waals surface area contributed by atoms with E-state index >= 15 is 0 Å². The minimum atomic E-state index is -0.332. The van der Waals surface area contributed by atoms with Crippen molar-refractivity contribution in [3.05, 3.63) is 39.9 Å². The lowest BCUT2D eigenvalue weighted by Gasteiger charge is -2.15. The van der Waals surface area contributed by atoms with Gasteiger partial charge < -0.3 is 10.4 Å². The molecule has 0 aromatic heterocycles. The van der Waals surface area contributed by atoms with Crippen molar-refractivity contribution in [3.8, 4) is 0 Å². The summed E-state index contributed by atoms with van der Waals surface area (Å²) in [7, 11) is 0. The molecule has 1 aromatic rings. The third kappa shape index (κ3) is 5.67. The first-order chi connectivity index (χ1) is 9.69. The molecule has 5 nitrogen and oxygen atoms in total. The third-order valence-electron chi connectivity index (χ3n) is 3.43. The molecule has 0 heterocycles. The average Bonchev–Trinajstić information content (AvgIpc) is 2.44. The Morgan fingerprint density at radius 3 is 2.75 bits per heavy atom. The van der Waals surface area contributed by atoms with E-state index < -0.39 is 0 Å². The Balaban J connectivity index is 2.38. The van der Waals surface area contributed by atoms with Crippen LogP contribution in [0.3, 0.4) is 0 Å². The number of para-hydroxylation sites is 1. The van der Waals surface area contributed by atoms with E-state index in [9.17, 15) is 10.1 Å². The fourth-order valence-electron chi connectivity index (χ4n) is 2.37. The summed E-state index contributed by atoms with van der Waals surface area (Å²) in [4.78, 5) is 10.6. The van der Waals surface area contributed by atoms with Crippen LogP contribution >= 0.6 is 0 Å². The van der Waals surface area contributed by atoms with Crippen LogP contribution in [0.2, 0.25) is 0 Å². The van der Waals surface area contributed by atoms with Crippen LogP contribution < -0.4 is 5.32 Å². The first-order valence-electron chi connectivity index (χ1n) is 7.22. The van der Waals surface area contributed by atoms with Gasteiger partial charge in [0.1, 0.15) is 0 Å². The van der Waals surface area contributed by atoms with E-state index in [0.717, 1.165) is 37.9 Å². The Hall–Kier alpha value is -1.46. The second-order valence-electron chi connectivity index (χ2n) is 5.01. The van der Waals surface area contributed by atoms with Crippen molar-refractivity contribution in [1.82, 2.24) is 5.32 Å². The molecule has 1 rings (SSSR count). The van der Waals surface area contributed by atoms with Gasteiger partial charge in [-0.15, -0.1) is 0 Å². The second-order valence-corrected chi connectivity index (χ2v) is 5.01. The monoisotopic (exact) mass is 280 g/mol. The maximum atomic E-state index is 10.9. The summed E-state index contributed by atoms with van der Waals surface area (Å²) < 4.78 is 0. The van der Waals surface area contributed by atoms with E-state index in [1.165, 1.54) is 0 Å². The van der Waals surface area contributed by atoms with Crippen molar-refractivity contribution < 1.29 is 10.0 Å². The highest BCUT2D eigenvalue weighted by Gasteiger charge is 2.12. The highest BCUT2D eigenvalue weighted by molar-refractivity contribution is 5.39. The van der Waals surface area contributed by atoms with Gasteiger partial charge in [-0.1, -0.05) is 31.5 Å². The van der Waals surface area contributed by atoms with Gasteiger partial charge in [-0.2, -0.15) is 0 Å². The molecular weight excluding hydrogens is 256 g/mol. The van der Waals surface area contributed by atoms with E-state index in [0.29, 0.717) is 12.3 Å². The zero-order valence-electron chi connectivity index (χ0n) is 12.0. The summed E-state index contributed by atoms with van der Waals surface area (Å²) in [5.74, 6) is 0.482. The van der Waals surface area contributed by atoms with E-state index in [-0.39, 0.29) is 17.2 Å². The largest absolute Gasteiger partial charge is 0.396 e. The van der Waals surface area contributed by atoms with Crippen LogP contribution in [-0.4, -0.2) is 29.7 Å². The van der Waals surface area contributed by atoms with Gasteiger partial charge in [0.15, 0.2) is 0 Å². The lowest BCUT2D eigenvalue weighted by molar-refractivity contribution is -0.385. The Kier molecular flexibility index (Phi) is 7.84. The number of aliphatic hydroxyl groups is 1. The molecule has 0 aliphatic rings. The van der Waals surface area contributed by atoms with E-state index in [4.69, 9.17) is 5.11 Å². The maximum Gasteiger partial charge on any atom is 0.272 e. The molecule has 1 aromatic carbocycles. The lowest BCUT2D eigenvalue weighted by Crippen LogP contribution is -2.25.